The largest absolute Gasteiger partial charge is 0.0654 e. The highest BCUT2D eigenvalue weighted by Gasteiger charge is 2.06. The summed E-state index contributed by atoms with van der Waals surface area (Å²) in [7, 11) is 0. The Hall–Kier alpha value is 0. The average molecular weight is 521 g/mol. The van der Waals surface area contributed by atoms with Crippen LogP contribution in [0.1, 0.15) is 227 Å². The molecule has 0 aromatic heterocycles. The fourth-order valence-corrected chi connectivity index (χ4v) is 6.12. The van der Waals surface area contributed by atoms with E-state index in [0.29, 0.717) is 0 Å². The zero-order valence-corrected chi connectivity index (χ0v) is 27.1. The maximum absolute atomic E-state index is 2.51. The van der Waals surface area contributed by atoms with Gasteiger partial charge in [0.1, 0.15) is 0 Å². The van der Waals surface area contributed by atoms with Crippen LogP contribution in [-0.4, -0.2) is 0 Å². The molecule has 224 valence electrons. The first-order valence-electron chi connectivity index (χ1n) is 18.2. The van der Waals surface area contributed by atoms with Crippen LogP contribution in [0.3, 0.4) is 0 Å². The molecule has 0 aromatic carbocycles. The van der Waals surface area contributed by atoms with Crippen molar-refractivity contribution in [1.29, 1.82) is 0 Å². The Morgan fingerprint density at radius 1 is 0.243 bits per heavy atom. The van der Waals surface area contributed by atoms with Crippen molar-refractivity contribution in [3.63, 3.8) is 0 Å². The zero-order valence-electron chi connectivity index (χ0n) is 27.1. The SMILES string of the molecule is CCCCCCCCCCCCCCCCCCCCC(C)CCCC(C)CCCCCCCCCC. The van der Waals surface area contributed by atoms with Gasteiger partial charge in [-0.1, -0.05) is 227 Å². The Labute approximate surface area is 238 Å². The molecule has 0 aliphatic rings. The van der Waals surface area contributed by atoms with Gasteiger partial charge in [0.2, 0.25) is 0 Å². The minimum atomic E-state index is 0.955. The van der Waals surface area contributed by atoms with Crippen molar-refractivity contribution in [1.82, 2.24) is 0 Å². The third kappa shape index (κ3) is 32.1. The standard InChI is InChI=1S/C37H76/c1-5-7-9-11-13-15-16-17-18-19-20-21-22-23-24-26-28-30-33-37(4)35-31-34-36(3)32-29-27-25-14-12-10-8-6-2/h36-37H,5-35H2,1-4H3. The normalized spacial score (nSPS) is 13.3. The smallest absolute Gasteiger partial charge is 0.0443 e. The summed E-state index contributed by atoms with van der Waals surface area (Å²) in [5, 5.41) is 0. The van der Waals surface area contributed by atoms with E-state index in [1.807, 2.05) is 0 Å². The van der Waals surface area contributed by atoms with E-state index in [9.17, 15) is 0 Å². The second-order valence-electron chi connectivity index (χ2n) is 13.2. The molecule has 0 aromatic rings. The molecule has 0 spiro atoms. The maximum Gasteiger partial charge on any atom is -0.0443 e. The van der Waals surface area contributed by atoms with Crippen LogP contribution >= 0.6 is 0 Å². The molecule has 0 amide bonds. The molecule has 0 heteroatoms. The van der Waals surface area contributed by atoms with Gasteiger partial charge in [0.25, 0.3) is 0 Å². The van der Waals surface area contributed by atoms with E-state index < -0.39 is 0 Å². The topological polar surface area (TPSA) is 0 Å². The van der Waals surface area contributed by atoms with E-state index in [0.717, 1.165) is 11.8 Å². The summed E-state index contributed by atoms with van der Waals surface area (Å²) >= 11 is 0. The number of unbranched alkanes of at least 4 members (excludes halogenated alkanes) is 24. The van der Waals surface area contributed by atoms with E-state index in [1.54, 1.807) is 0 Å². The Kier molecular flexibility index (Phi) is 32.2. The number of rotatable bonds is 32. The molecular formula is C37H76. The van der Waals surface area contributed by atoms with Crippen LogP contribution in [0.2, 0.25) is 0 Å². The predicted octanol–water partition coefficient (Wildman–Crippen LogP) is 14.4. The van der Waals surface area contributed by atoms with Crippen LogP contribution < -0.4 is 0 Å². The third-order valence-corrected chi connectivity index (χ3v) is 8.99. The van der Waals surface area contributed by atoms with Crippen LogP contribution in [0.25, 0.3) is 0 Å². The van der Waals surface area contributed by atoms with Crippen molar-refractivity contribution >= 4 is 0 Å². The maximum atomic E-state index is 2.51. The molecule has 0 rings (SSSR count). The fraction of sp³-hybridized carbons (Fsp3) is 1.00. The van der Waals surface area contributed by atoms with Gasteiger partial charge in [0.15, 0.2) is 0 Å². The molecule has 0 fully saturated rings. The van der Waals surface area contributed by atoms with Gasteiger partial charge in [0.05, 0.1) is 0 Å². The van der Waals surface area contributed by atoms with Crippen molar-refractivity contribution in [3.8, 4) is 0 Å². The van der Waals surface area contributed by atoms with Gasteiger partial charge in [-0.15, -0.1) is 0 Å². The monoisotopic (exact) mass is 521 g/mol. The molecule has 0 nitrogen and oxygen atoms in total. The van der Waals surface area contributed by atoms with E-state index >= 15 is 0 Å². The zero-order chi connectivity index (χ0) is 27.1. The lowest BCUT2D eigenvalue weighted by molar-refractivity contribution is 0.390. The summed E-state index contributed by atoms with van der Waals surface area (Å²) in [4.78, 5) is 0. The molecule has 37 heavy (non-hydrogen) atoms. The van der Waals surface area contributed by atoms with Crippen LogP contribution in [0.15, 0.2) is 0 Å². The van der Waals surface area contributed by atoms with Gasteiger partial charge in [-0.05, 0) is 11.8 Å². The quantitative estimate of drug-likeness (QED) is 0.0773. The molecule has 0 bridgehead atoms. The lowest BCUT2D eigenvalue weighted by atomic mass is 9.92. The van der Waals surface area contributed by atoms with Gasteiger partial charge < -0.3 is 0 Å². The summed E-state index contributed by atoms with van der Waals surface area (Å²) in [6.45, 7) is 9.63. The molecular weight excluding hydrogens is 444 g/mol. The van der Waals surface area contributed by atoms with Gasteiger partial charge in [-0.2, -0.15) is 0 Å². The molecule has 0 radical (unpaired) electrons. The molecule has 2 atom stereocenters. The number of hydrogen-bond donors (Lipinski definition) is 0. The fourth-order valence-electron chi connectivity index (χ4n) is 6.12. The number of hydrogen-bond acceptors (Lipinski definition) is 0. The highest BCUT2D eigenvalue weighted by Crippen LogP contribution is 2.22. The first kappa shape index (κ1) is 37.0. The van der Waals surface area contributed by atoms with E-state index in [-0.39, 0.29) is 0 Å². The Morgan fingerprint density at radius 3 is 0.676 bits per heavy atom. The van der Waals surface area contributed by atoms with E-state index in [1.165, 1.54) is 199 Å². The molecule has 0 heterocycles. The summed E-state index contributed by atoms with van der Waals surface area (Å²) in [6.07, 6.45) is 45.6. The Morgan fingerprint density at radius 2 is 0.432 bits per heavy atom. The summed E-state index contributed by atoms with van der Waals surface area (Å²) in [5.41, 5.74) is 0. The predicted molar refractivity (Wildman–Crippen MR) is 173 cm³/mol. The highest BCUT2D eigenvalue weighted by molar-refractivity contribution is 4.59. The third-order valence-electron chi connectivity index (χ3n) is 8.99. The molecule has 0 saturated carbocycles. The van der Waals surface area contributed by atoms with Gasteiger partial charge in [-0.25, -0.2) is 0 Å². The van der Waals surface area contributed by atoms with Crippen molar-refractivity contribution in [3.05, 3.63) is 0 Å². The lowest BCUT2D eigenvalue weighted by Gasteiger charge is -2.14. The molecule has 0 aliphatic heterocycles. The van der Waals surface area contributed by atoms with Crippen LogP contribution in [0.5, 0.6) is 0 Å². The van der Waals surface area contributed by atoms with Crippen LogP contribution in [0, 0.1) is 11.8 Å². The van der Waals surface area contributed by atoms with Crippen molar-refractivity contribution < 1.29 is 0 Å². The molecule has 0 N–H and O–H groups in total. The lowest BCUT2D eigenvalue weighted by Crippen LogP contribution is -1.99. The average Bonchev–Trinajstić information content (AvgIpc) is 2.89. The van der Waals surface area contributed by atoms with Crippen LogP contribution in [0.4, 0.5) is 0 Å². The van der Waals surface area contributed by atoms with Crippen LogP contribution in [-0.2, 0) is 0 Å². The summed E-state index contributed by atoms with van der Waals surface area (Å²) < 4.78 is 0. The first-order chi connectivity index (χ1) is 18.2. The second-order valence-corrected chi connectivity index (χ2v) is 13.2. The molecule has 0 saturated heterocycles. The van der Waals surface area contributed by atoms with E-state index in [2.05, 4.69) is 27.7 Å². The summed E-state index contributed by atoms with van der Waals surface area (Å²) in [6, 6.07) is 0. The molecule has 2 unspecified atom stereocenters. The van der Waals surface area contributed by atoms with Crippen molar-refractivity contribution in [2.45, 2.75) is 227 Å². The van der Waals surface area contributed by atoms with Gasteiger partial charge in [0, 0.05) is 0 Å². The highest BCUT2D eigenvalue weighted by atomic mass is 14.1. The van der Waals surface area contributed by atoms with Crippen molar-refractivity contribution in [2.24, 2.45) is 11.8 Å². The van der Waals surface area contributed by atoms with Crippen molar-refractivity contribution in [2.75, 3.05) is 0 Å². The molecule has 0 aliphatic carbocycles. The minimum Gasteiger partial charge on any atom is -0.0654 e. The summed E-state index contributed by atoms with van der Waals surface area (Å²) in [5.74, 6) is 1.91. The van der Waals surface area contributed by atoms with Gasteiger partial charge in [-0.3, -0.25) is 0 Å². The second kappa shape index (κ2) is 32.2. The van der Waals surface area contributed by atoms with E-state index in [4.69, 9.17) is 0 Å². The Balaban J connectivity index is 3.23. The van der Waals surface area contributed by atoms with Gasteiger partial charge >= 0.3 is 0 Å². The Bertz CT molecular complexity index is 385. The minimum absolute atomic E-state index is 0.955. The first-order valence-corrected chi connectivity index (χ1v) is 18.2.